The van der Waals surface area contributed by atoms with E-state index < -0.39 is 4.92 Å². The minimum Gasteiger partial charge on any atom is -0.467 e. The number of aryl methyl sites for hydroxylation is 1. The van der Waals surface area contributed by atoms with Gasteiger partial charge in [0.1, 0.15) is 12.3 Å². The third kappa shape index (κ3) is 5.63. The van der Waals surface area contributed by atoms with E-state index in [1.54, 1.807) is 23.3 Å². The number of rotatable bonds is 10. The molecule has 0 atom stereocenters. The van der Waals surface area contributed by atoms with Crippen LogP contribution in [0.5, 0.6) is 0 Å². The molecule has 0 bridgehead atoms. The molecule has 0 aliphatic heterocycles. The summed E-state index contributed by atoms with van der Waals surface area (Å²) in [7, 11) is 1.91. The molecule has 0 unspecified atom stereocenters. The van der Waals surface area contributed by atoms with Gasteiger partial charge in [-0.15, -0.1) is 0 Å². The maximum Gasteiger partial charge on any atom is 0.269 e. The highest BCUT2D eigenvalue weighted by Crippen LogP contribution is 2.16. The van der Waals surface area contributed by atoms with Gasteiger partial charge in [-0.05, 0) is 42.8 Å². The molecule has 0 fully saturated rings. The lowest BCUT2D eigenvalue weighted by Crippen LogP contribution is -2.43. The van der Waals surface area contributed by atoms with E-state index in [4.69, 9.17) is 4.42 Å². The maximum absolute atomic E-state index is 13.3. The molecule has 0 saturated heterocycles. The van der Waals surface area contributed by atoms with Crippen molar-refractivity contribution in [1.82, 2.24) is 14.4 Å². The third-order valence-corrected chi connectivity index (χ3v) is 5.12. The van der Waals surface area contributed by atoms with Gasteiger partial charge in [-0.1, -0.05) is 6.92 Å². The molecule has 1 aromatic carbocycles. The van der Waals surface area contributed by atoms with Crippen molar-refractivity contribution in [3.63, 3.8) is 0 Å². The normalized spacial score (nSPS) is 10.7. The summed E-state index contributed by atoms with van der Waals surface area (Å²) in [5, 5.41) is 10.9. The first-order valence-corrected chi connectivity index (χ1v) is 10.3. The van der Waals surface area contributed by atoms with Crippen LogP contribution < -0.4 is 0 Å². The van der Waals surface area contributed by atoms with E-state index >= 15 is 0 Å². The molecule has 168 valence electrons. The second kappa shape index (κ2) is 10.4. The summed E-state index contributed by atoms with van der Waals surface area (Å²) in [6.07, 6.45) is 4.14. The van der Waals surface area contributed by atoms with Gasteiger partial charge < -0.3 is 18.8 Å². The number of non-ortho nitro benzene ring substituents is 1. The minimum atomic E-state index is -0.516. The highest BCUT2D eigenvalue weighted by atomic mass is 16.6. The van der Waals surface area contributed by atoms with Crippen molar-refractivity contribution >= 4 is 17.5 Å². The largest absolute Gasteiger partial charge is 0.467 e. The Morgan fingerprint density at radius 1 is 1.06 bits per heavy atom. The van der Waals surface area contributed by atoms with Crippen LogP contribution in [0.4, 0.5) is 5.69 Å². The van der Waals surface area contributed by atoms with Gasteiger partial charge in [0.15, 0.2) is 0 Å². The number of nitro benzene ring substituents is 1. The quantitative estimate of drug-likeness (QED) is 0.355. The van der Waals surface area contributed by atoms with E-state index in [0.29, 0.717) is 30.8 Å². The van der Waals surface area contributed by atoms with Crippen molar-refractivity contribution in [2.24, 2.45) is 7.05 Å². The van der Waals surface area contributed by atoms with Crippen LogP contribution in [-0.4, -0.2) is 44.2 Å². The van der Waals surface area contributed by atoms with Crippen molar-refractivity contribution in [1.29, 1.82) is 0 Å². The predicted octanol–water partition coefficient (Wildman–Crippen LogP) is 3.61. The van der Waals surface area contributed by atoms with Gasteiger partial charge in [0, 0.05) is 43.2 Å². The number of benzene rings is 1. The van der Waals surface area contributed by atoms with Crippen LogP contribution in [0.25, 0.3) is 0 Å². The molecule has 9 heteroatoms. The summed E-state index contributed by atoms with van der Waals surface area (Å²) < 4.78 is 7.37. The zero-order chi connectivity index (χ0) is 23.1. The standard InChI is InChI=1S/C23H26N4O5/c1-3-12-25(23(29)18-8-10-19(11-9-18)27(30)31)17-22(28)26(16-21-7-5-14-32-21)15-20-6-4-13-24(20)2/h4-11,13-14H,3,12,15-17H2,1-2H3. The molecule has 3 aromatic rings. The van der Waals surface area contributed by atoms with E-state index in [9.17, 15) is 19.7 Å². The fraction of sp³-hybridized carbons (Fsp3) is 0.304. The van der Waals surface area contributed by atoms with Crippen LogP contribution in [0.15, 0.2) is 65.4 Å². The summed E-state index contributed by atoms with van der Waals surface area (Å²) in [4.78, 5) is 39.8. The Morgan fingerprint density at radius 3 is 2.38 bits per heavy atom. The number of aromatic nitrogens is 1. The topological polar surface area (TPSA) is 102 Å². The van der Waals surface area contributed by atoms with Crippen molar-refractivity contribution in [3.8, 4) is 0 Å². The van der Waals surface area contributed by atoms with Crippen molar-refractivity contribution in [2.75, 3.05) is 13.1 Å². The second-order valence-electron chi connectivity index (χ2n) is 7.47. The van der Waals surface area contributed by atoms with E-state index in [2.05, 4.69) is 0 Å². The van der Waals surface area contributed by atoms with Crippen LogP contribution in [-0.2, 0) is 24.9 Å². The summed E-state index contributed by atoms with van der Waals surface area (Å²) in [6.45, 7) is 2.86. The molecule has 32 heavy (non-hydrogen) atoms. The molecule has 3 rings (SSSR count). The summed E-state index contributed by atoms with van der Waals surface area (Å²) in [5.41, 5.74) is 1.16. The summed E-state index contributed by atoms with van der Waals surface area (Å²) in [6, 6.07) is 12.8. The first-order valence-electron chi connectivity index (χ1n) is 10.3. The Kier molecular flexibility index (Phi) is 7.43. The Balaban J connectivity index is 1.77. The van der Waals surface area contributed by atoms with Crippen LogP contribution in [0.1, 0.15) is 35.2 Å². The van der Waals surface area contributed by atoms with Crippen LogP contribution in [0, 0.1) is 10.1 Å². The molecule has 2 aromatic heterocycles. The van der Waals surface area contributed by atoms with E-state index in [0.717, 1.165) is 5.69 Å². The van der Waals surface area contributed by atoms with Crippen LogP contribution >= 0.6 is 0 Å². The van der Waals surface area contributed by atoms with E-state index in [1.807, 2.05) is 36.9 Å². The van der Waals surface area contributed by atoms with Gasteiger partial charge in [-0.3, -0.25) is 19.7 Å². The van der Waals surface area contributed by atoms with Gasteiger partial charge in [0.05, 0.1) is 24.3 Å². The average molecular weight is 438 g/mol. The molecule has 0 aliphatic carbocycles. The predicted molar refractivity (Wildman–Crippen MR) is 118 cm³/mol. The molecule has 0 N–H and O–H groups in total. The number of furan rings is 1. The smallest absolute Gasteiger partial charge is 0.269 e. The first-order chi connectivity index (χ1) is 15.4. The lowest BCUT2D eigenvalue weighted by atomic mass is 10.1. The zero-order valence-electron chi connectivity index (χ0n) is 18.1. The third-order valence-electron chi connectivity index (χ3n) is 5.12. The zero-order valence-corrected chi connectivity index (χ0v) is 18.1. The number of nitro groups is 1. The fourth-order valence-electron chi connectivity index (χ4n) is 3.37. The van der Waals surface area contributed by atoms with Gasteiger partial charge >= 0.3 is 0 Å². The summed E-state index contributed by atoms with van der Waals surface area (Å²) in [5.74, 6) is 0.0921. The minimum absolute atomic E-state index is 0.0909. The lowest BCUT2D eigenvalue weighted by Gasteiger charge is -2.27. The molecular formula is C23H26N4O5. The second-order valence-corrected chi connectivity index (χ2v) is 7.47. The maximum atomic E-state index is 13.3. The fourth-order valence-corrected chi connectivity index (χ4v) is 3.37. The van der Waals surface area contributed by atoms with Gasteiger partial charge in [0.25, 0.3) is 11.6 Å². The van der Waals surface area contributed by atoms with E-state index in [-0.39, 0.29) is 30.6 Å². The van der Waals surface area contributed by atoms with Gasteiger partial charge in [0.2, 0.25) is 5.91 Å². The molecule has 2 amide bonds. The number of nitrogens with zero attached hydrogens (tertiary/aromatic N) is 4. The lowest BCUT2D eigenvalue weighted by molar-refractivity contribution is -0.384. The number of hydrogen-bond donors (Lipinski definition) is 0. The molecule has 9 nitrogen and oxygen atoms in total. The number of hydrogen-bond acceptors (Lipinski definition) is 5. The highest BCUT2D eigenvalue weighted by Gasteiger charge is 2.24. The van der Waals surface area contributed by atoms with Crippen molar-refractivity contribution in [3.05, 3.63) is 88.1 Å². The van der Waals surface area contributed by atoms with Gasteiger partial charge in [-0.25, -0.2) is 0 Å². The van der Waals surface area contributed by atoms with Gasteiger partial charge in [-0.2, -0.15) is 0 Å². The number of carbonyl (C=O) groups excluding carboxylic acids is 2. The Hall–Kier alpha value is -3.88. The number of amides is 2. The first kappa shape index (κ1) is 22.8. The van der Waals surface area contributed by atoms with Crippen LogP contribution in [0.2, 0.25) is 0 Å². The molecule has 0 radical (unpaired) electrons. The Morgan fingerprint density at radius 2 is 1.81 bits per heavy atom. The monoisotopic (exact) mass is 438 g/mol. The molecule has 2 heterocycles. The van der Waals surface area contributed by atoms with Crippen molar-refractivity contribution < 1.29 is 18.9 Å². The Bertz CT molecular complexity index is 1060. The molecular weight excluding hydrogens is 412 g/mol. The van der Waals surface area contributed by atoms with E-state index in [1.165, 1.54) is 29.2 Å². The SMILES string of the molecule is CCCN(CC(=O)N(Cc1ccco1)Cc1cccn1C)C(=O)c1ccc([N+](=O)[O-])cc1. The van der Waals surface area contributed by atoms with Crippen molar-refractivity contribution in [2.45, 2.75) is 26.4 Å². The molecule has 0 spiro atoms. The Labute approximate surface area is 186 Å². The average Bonchev–Trinajstić information content (AvgIpc) is 3.44. The number of carbonyl (C=O) groups is 2. The summed E-state index contributed by atoms with van der Waals surface area (Å²) >= 11 is 0. The molecule has 0 aliphatic rings. The highest BCUT2D eigenvalue weighted by molar-refractivity contribution is 5.96. The van der Waals surface area contributed by atoms with Crippen LogP contribution in [0.3, 0.4) is 0 Å². The molecule has 0 saturated carbocycles.